The minimum absolute atomic E-state index is 0.0340. The quantitative estimate of drug-likeness (QED) is 0.879. The van der Waals surface area contributed by atoms with Crippen molar-refractivity contribution in [3.8, 4) is 0 Å². The highest BCUT2D eigenvalue weighted by atomic mass is 16.7. The Bertz CT molecular complexity index is 480. The predicted octanol–water partition coefficient (Wildman–Crippen LogP) is 1.12. The first-order chi connectivity index (χ1) is 9.72. The van der Waals surface area contributed by atoms with Crippen LogP contribution >= 0.6 is 0 Å². The molecule has 0 aromatic heterocycles. The van der Waals surface area contributed by atoms with E-state index >= 15 is 0 Å². The lowest BCUT2D eigenvalue weighted by Gasteiger charge is -2.38. The molecule has 0 radical (unpaired) electrons. The van der Waals surface area contributed by atoms with Gasteiger partial charge in [0.2, 0.25) is 0 Å². The van der Waals surface area contributed by atoms with Crippen LogP contribution in [0.1, 0.15) is 28.8 Å². The fourth-order valence-electron chi connectivity index (χ4n) is 2.86. The van der Waals surface area contributed by atoms with Crippen molar-refractivity contribution in [3.05, 3.63) is 35.4 Å². The molecule has 3 rings (SSSR count). The van der Waals surface area contributed by atoms with Gasteiger partial charge in [-0.2, -0.15) is 0 Å². The van der Waals surface area contributed by atoms with Crippen LogP contribution in [0.25, 0.3) is 0 Å². The van der Waals surface area contributed by atoms with Crippen LogP contribution in [-0.2, 0) is 16.0 Å². The van der Waals surface area contributed by atoms with Gasteiger partial charge in [-0.25, -0.2) is 0 Å². The van der Waals surface area contributed by atoms with Crippen LogP contribution in [0.4, 0.5) is 0 Å². The normalized spacial score (nSPS) is 21.4. The molecule has 2 aliphatic rings. The Balaban J connectivity index is 1.72. The SMILES string of the molecule is NCc1ccc(C(=O)N2CCCC3(C2)OCCO3)cc1. The van der Waals surface area contributed by atoms with Gasteiger partial charge in [0.25, 0.3) is 5.91 Å². The monoisotopic (exact) mass is 276 g/mol. The second-order valence-electron chi connectivity index (χ2n) is 5.34. The fourth-order valence-corrected chi connectivity index (χ4v) is 2.86. The van der Waals surface area contributed by atoms with Crippen LogP contribution in [0.3, 0.4) is 0 Å². The smallest absolute Gasteiger partial charge is 0.254 e. The Hall–Kier alpha value is -1.43. The first-order valence-electron chi connectivity index (χ1n) is 7.09. The van der Waals surface area contributed by atoms with Gasteiger partial charge in [0.15, 0.2) is 5.79 Å². The third-order valence-corrected chi connectivity index (χ3v) is 3.95. The van der Waals surface area contributed by atoms with E-state index in [1.165, 1.54) is 0 Å². The highest BCUT2D eigenvalue weighted by molar-refractivity contribution is 5.94. The number of piperidine rings is 1. The summed E-state index contributed by atoms with van der Waals surface area (Å²) in [6.45, 7) is 3.00. The van der Waals surface area contributed by atoms with Gasteiger partial charge in [-0.15, -0.1) is 0 Å². The molecule has 0 unspecified atom stereocenters. The van der Waals surface area contributed by atoms with E-state index in [2.05, 4.69) is 0 Å². The molecule has 2 aliphatic heterocycles. The Morgan fingerprint density at radius 3 is 2.60 bits per heavy atom. The van der Waals surface area contributed by atoms with Crippen molar-refractivity contribution >= 4 is 5.91 Å². The molecule has 1 spiro atoms. The molecule has 2 saturated heterocycles. The van der Waals surface area contributed by atoms with Gasteiger partial charge in [0.05, 0.1) is 19.8 Å². The lowest BCUT2D eigenvalue weighted by atomic mass is 10.0. The van der Waals surface area contributed by atoms with Gasteiger partial charge in [0, 0.05) is 25.1 Å². The van der Waals surface area contributed by atoms with E-state index in [0.717, 1.165) is 24.9 Å². The zero-order valence-electron chi connectivity index (χ0n) is 11.5. The first kappa shape index (κ1) is 13.5. The number of nitrogens with zero attached hydrogens (tertiary/aromatic N) is 1. The second-order valence-corrected chi connectivity index (χ2v) is 5.34. The summed E-state index contributed by atoms with van der Waals surface area (Å²) in [5.74, 6) is -0.530. The third-order valence-electron chi connectivity index (χ3n) is 3.95. The van der Waals surface area contributed by atoms with Crippen LogP contribution < -0.4 is 5.73 Å². The molecule has 2 N–H and O–H groups in total. The molecule has 0 atom stereocenters. The minimum atomic E-state index is -0.564. The number of rotatable bonds is 2. The number of nitrogens with two attached hydrogens (primary N) is 1. The molecule has 2 heterocycles. The summed E-state index contributed by atoms with van der Waals surface area (Å²) in [6.07, 6.45) is 1.77. The minimum Gasteiger partial charge on any atom is -0.346 e. The van der Waals surface area contributed by atoms with Crippen LogP contribution in [0, 0.1) is 0 Å². The second kappa shape index (κ2) is 5.52. The van der Waals surface area contributed by atoms with Crippen molar-refractivity contribution in [1.82, 2.24) is 4.90 Å². The number of ether oxygens (including phenoxy) is 2. The first-order valence-corrected chi connectivity index (χ1v) is 7.09. The standard InChI is InChI=1S/C15H20N2O3/c16-10-12-2-4-13(5-3-12)14(18)17-7-1-6-15(11-17)19-8-9-20-15/h2-5H,1,6-11,16H2. The largest absolute Gasteiger partial charge is 0.346 e. The third kappa shape index (κ3) is 2.57. The van der Waals surface area contributed by atoms with E-state index in [-0.39, 0.29) is 5.91 Å². The van der Waals surface area contributed by atoms with Crippen LogP contribution in [0.2, 0.25) is 0 Å². The van der Waals surface area contributed by atoms with E-state index in [0.29, 0.717) is 31.9 Å². The molecule has 0 saturated carbocycles. The zero-order valence-corrected chi connectivity index (χ0v) is 11.5. The summed E-state index contributed by atoms with van der Waals surface area (Å²) in [5.41, 5.74) is 7.29. The molecular weight excluding hydrogens is 256 g/mol. The molecule has 0 bridgehead atoms. The molecule has 5 heteroatoms. The van der Waals surface area contributed by atoms with Crippen molar-refractivity contribution < 1.29 is 14.3 Å². The Labute approximate surface area is 118 Å². The van der Waals surface area contributed by atoms with E-state index in [1.54, 1.807) is 0 Å². The molecule has 5 nitrogen and oxygen atoms in total. The van der Waals surface area contributed by atoms with Gasteiger partial charge >= 0.3 is 0 Å². The number of carbonyl (C=O) groups is 1. The average Bonchev–Trinajstić information content (AvgIpc) is 2.94. The van der Waals surface area contributed by atoms with Crippen LogP contribution in [0.5, 0.6) is 0 Å². The number of benzene rings is 1. The lowest BCUT2D eigenvalue weighted by Crippen LogP contribution is -2.51. The predicted molar refractivity (Wildman–Crippen MR) is 74.1 cm³/mol. The number of hydrogen-bond donors (Lipinski definition) is 1. The fraction of sp³-hybridized carbons (Fsp3) is 0.533. The molecule has 1 amide bonds. The van der Waals surface area contributed by atoms with E-state index in [4.69, 9.17) is 15.2 Å². The number of likely N-dealkylation sites (tertiary alicyclic amines) is 1. The number of carbonyl (C=O) groups excluding carboxylic acids is 1. The topological polar surface area (TPSA) is 64.8 Å². The summed E-state index contributed by atoms with van der Waals surface area (Å²) in [4.78, 5) is 14.3. The van der Waals surface area contributed by atoms with E-state index in [9.17, 15) is 4.79 Å². The maximum Gasteiger partial charge on any atom is 0.254 e. The molecule has 2 fully saturated rings. The molecule has 1 aromatic rings. The van der Waals surface area contributed by atoms with Crippen LogP contribution in [-0.4, -0.2) is 42.9 Å². The summed E-state index contributed by atoms with van der Waals surface area (Å²) < 4.78 is 11.4. The maximum absolute atomic E-state index is 12.5. The summed E-state index contributed by atoms with van der Waals surface area (Å²) in [6, 6.07) is 7.47. The van der Waals surface area contributed by atoms with Crippen molar-refractivity contribution in [3.63, 3.8) is 0 Å². The van der Waals surface area contributed by atoms with Gasteiger partial charge in [-0.3, -0.25) is 4.79 Å². The van der Waals surface area contributed by atoms with Crippen molar-refractivity contribution in [2.75, 3.05) is 26.3 Å². The molecular formula is C15H20N2O3. The van der Waals surface area contributed by atoms with Crippen LogP contribution in [0.15, 0.2) is 24.3 Å². The Morgan fingerprint density at radius 1 is 1.25 bits per heavy atom. The molecule has 20 heavy (non-hydrogen) atoms. The zero-order chi connectivity index (χ0) is 14.0. The highest BCUT2D eigenvalue weighted by Gasteiger charge is 2.42. The van der Waals surface area contributed by atoms with E-state index in [1.807, 2.05) is 29.2 Å². The van der Waals surface area contributed by atoms with Gasteiger partial charge in [-0.1, -0.05) is 12.1 Å². The molecule has 1 aromatic carbocycles. The van der Waals surface area contributed by atoms with Crippen molar-refractivity contribution in [1.29, 1.82) is 0 Å². The van der Waals surface area contributed by atoms with Gasteiger partial charge < -0.3 is 20.1 Å². The Kier molecular flexibility index (Phi) is 3.74. The number of hydrogen-bond acceptors (Lipinski definition) is 4. The summed E-state index contributed by atoms with van der Waals surface area (Å²) in [5, 5.41) is 0. The van der Waals surface area contributed by atoms with E-state index < -0.39 is 5.79 Å². The van der Waals surface area contributed by atoms with Crippen molar-refractivity contribution in [2.45, 2.75) is 25.2 Å². The summed E-state index contributed by atoms with van der Waals surface area (Å²) >= 11 is 0. The maximum atomic E-state index is 12.5. The average molecular weight is 276 g/mol. The van der Waals surface area contributed by atoms with Crippen molar-refractivity contribution in [2.24, 2.45) is 5.73 Å². The lowest BCUT2D eigenvalue weighted by molar-refractivity contribution is -0.183. The summed E-state index contributed by atoms with van der Waals surface area (Å²) in [7, 11) is 0. The van der Waals surface area contributed by atoms with Gasteiger partial charge in [0.1, 0.15) is 0 Å². The number of amides is 1. The Morgan fingerprint density at radius 2 is 1.95 bits per heavy atom. The molecule has 0 aliphatic carbocycles. The molecule has 108 valence electrons. The highest BCUT2D eigenvalue weighted by Crippen LogP contribution is 2.30. The van der Waals surface area contributed by atoms with Gasteiger partial charge in [-0.05, 0) is 24.1 Å².